The van der Waals surface area contributed by atoms with Gasteiger partial charge in [0.1, 0.15) is 10.7 Å². The molecule has 0 aliphatic heterocycles. The molecule has 1 aromatic carbocycles. The molecule has 0 saturated carbocycles. The second kappa shape index (κ2) is 12.8. The van der Waals surface area contributed by atoms with Crippen LogP contribution < -0.4 is 15.4 Å². The number of amides is 2. The lowest BCUT2D eigenvalue weighted by atomic mass is 10.1. The maximum Gasteiger partial charge on any atom is 0.263 e. The first-order chi connectivity index (χ1) is 18.1. The maximum atomic E-state index is 12.8. The molecule has 0 bridgehead atoms. The average Bonchev–Trinajstić information content (AvgIpc) is 3.65. The fraction of sp³-hybridized carbons (Fsp3) is 0.296. The third-order valence-corrected chi connectivity index (χ3v) is 6.75. The van der Waals surface area contributed by atoms with Crippen molar-refractivity contribution >= 4 is 23.2 Å². The van der Waals surface area contributed by atoms with Crippen LogP contribution in [0.4, 0.5) is 0 Å². The van der Waals surface area contributed by atoms with Gasteiger partial charge in [-0.2, -0.15) is 0 Å². The topological polar surface area (TPSA) is 122 Å². The molecule has 0 radical (unpaired) electrons. The van der Waals surface area contributed by atoms with Crippen LogP contribution in [0.3, 0.4) is 0 Å². The standard InChI is InChI=1S/C27H30N6O3S/c1-28-24(34)12-8-4-7-11-21(32-26(35)23-16-29-17-37-23)25-30-15-22(31-25)19-13-14-20(33-27(19)36-2)18-9-5-3-6-10-18/h3,5-6,9-10,13-17,21H,4,7-8,11-12H2,1-2H3,(H,28,34)(H,30,31)(H,32,35)/t21-/m0/s1. The summed E-state index contributed by atoms with van der Waals surface area (Å²) >= 11 is 1.29. The van der Waals surface area contributed by atoms with Gasteiger partial charge in [0, 0.05) is 19.0 Å². The Hall–Kier alpha value is -4.05. The zero-order valence-corrected chi connectivity index (χ0v) is 21.7. The normalized spacial score (nSPS) is 11.6. The number of H-pyrrole nitrogens is 1. The molecule has 10 heteroatoms. The van der Waals surface area contributed by atoms with Crippen LogP contribution in [0.1, 0.15) is 53.6 Å². The number of imidazole rings is 1. The molecule has 4 aromatic rings. The fourth-order valence-corrected chi connectivity index (χ4v) is 4.51. The van der Waals surface area contributed by atoms with Gasteiger partial charge >= 0.3 is 0 Å². The van der Waals surface area contributed by atoms with E-state index in [1.54, 1.807) is 32.1 Å². The molecular formula is C27H30N6O3S. The van der Waals surface area contributed by atoms with E-state index in [-0.39, 0.29) is 17.9 Å². The Morgan fingerprint density at radius 1 is 1.08 bits per heavy atom. The Labute approximate surface area is 219 Å². The molecule has 1 atom stereocenters. The number of benzene rings is 1. The van der Waals surface area contributed by atoms with Crippen molar-refractivity contribution in [3.8, 4) is 28.4 Å². The van der Waals surface area contributed by atoms with Gasteiger partial charge in [-0.15, -0.1) is 11.3 Å². The summed E-state index contributed by atoms with van der Waals surface area (Å²) in [6.45, 7) is 0. The van der Waals surface area contributed by atoms with Gasteiger partial charge in [0.15, 0.2) is 0 Å². The van der Waals surface area contributed by atoms with Crippen LogP contribution >= 0.6 is 11.3 Å². The molecule has 2 amide bonds. The molecule has 0 aliphatic carbocycles. The van der Waals surface area contributed by atoms with Crippen molar-refractivity contribution in [2.45, 2.75) is 38.1 Å². The Morgan fingerprint density at radius 2 is 1.92 bits per heavy atom. The van der Waals surface area contributed by atoms with Gasteiger partial charge in [-0.3, -0.25) is 14.6 Å². The SMILES string of the molecule is CNC(=O)CCCCC[C@H](NC(=O)c1cncs1)c1ncc(-c2ccc(-c3ccccc3)nc2OC)[nH]1. The van der Waals surface area contributed by atoms with Crippen molar-refractivity contribution < 1.29 is 14.3 Å². The lowest BCUT2D eigenvalue weighted by molar-refractivity contribution is -0.120. The van der Waals surface area contributed by atoms with Crippen LogP contribution in [0.2, 0.25) is 0 Å². The largest absolute Gasteiger partial charge is 0.480 e. The molecule has 4 rings (SSSR count). The molecule has 37 heavy (non-hydrogen) atoms. The summed E-state index contributed by atoms with van der Waals surface area (Å²) in [5, 5.41) is 5.72. The van der Waals surface area contributed by atoms with E-state index < -0.39 is 0 Å². The van der Waals surface area contributed by atoms with Crippen LogP contribution in [0.5, 0.6) is 5.88 Å². The maximum absolute atomic E-state index is 12.8. The Morgan fingerprint density at radius 3 is 2.65 bits per heavy atom. The number of aromatic nitrogens is 4. The minimum atomic E-state index is -0.328. The number of ether oxygens (including phenoxy) is 1. The minimum absolute atomic E-state index is 0.0339. The first kappa shape index (κ1) is 26.0. The van der Waals surface area contributed by atoms with Crippen molar-refractivity contribution in [1.82, 2.24) is 30.6 Å². The molecule has 0 aliphatic rings. The quantitative estimate of drug-likeness (QED) is 0.232. The number of thiazole rings is 1. The number of aromatic amines is 1. The number of hydrogen-bond acceptors (Lipinski definition) is 7. The van der Waals surface area contributed by atoms with E-state index in [0.29, 0.717) is 29.4 Å². The molecule has 0 spiro atoms. The molecule has 3 N–H and O–H groups in total. The lowest BCUT2D eigenvalue weighted by Crippen LogP contribution is -2.28. The van der Waals surface area contributed by atoms with Crippen molar-refractivity contribution in [1.29, 1.82) is 0 Å². The highest BCUT2D eigenvalue weighted by atomic mass is 32.1. The van der Waals surface area contributed by atoms with E-state index in [1.165, 1.54) is 11.3 Å². The fourth-order valence-electron chi connectivity index (χ4n) is 3.99. The smallest absolute Gasteiger partial charge is 0.263 e. The lowest BCUT2D eigenvalue weighted by Gasteiger charge is -2.16. The van der Waals surface area contributed by atoms with Crippen molar-refractivity contribution in [3.05, 3.63) is 71.1 Å². The predicted octanol–water partition coefficient (Wildman–Crippen LogP) is 4.77. The Kier molecular flexibility index (Phi) is 8.98. The molecule has 3 heterocycles. The number of methoxy groups -OCH3 is 1. The number of nitrogens with zero attached hydrogens (tertiary/aromatic N) is 3. The number of carbonyl (C=O) groups is 2. The zero-order chi connectivity index (χ0) is 26.0. The number of pyridine rings is 1. The Bertz CT molecular complexity index is 1310. The van der Waals surface area contributed by atoms with E-state index in [0.717, 1.165) is 41.8 Å². The van der Waals surface area contributed by atoms with Gasteiger partial charge in [0.25, 0.3) is 5.91 Å². The van der Waals surface area contributed by atoms with Gasteiger partial charge in [-0.1, -0.05) is 43.2 Å². The molecular weight excluding hydrogens is 488 g/mol. The van der Waals surface area contributed by atoms with E-state index in [1.807, 2.05) is 42.5 Å². The molecule has 9 nitrogen and oxygen atoms in total. The van der Waals surface area contributed by atoms with Crippen LogP contribution in [-0.4, -0.2) is 45.9 Å². The van der Waals surface area contributed by atoms with E-state index in [4.69, 9.17) is 4.74 Å². The summed E-state index contributed by atoms with van der Waals surface area (Å²) in [7, 11) is 3.23. The highest BCUT2D eigenvalue weighted by Gasteiger charge is 2.21. The van der Waals surface area contributed by atoms with Crippen LogP contribution in [0.15, 0.2) is 60.4 Å². The van der Waals surface area contributed by atoms with Crippen LogP contribution in [0.25, 0.3) is 22.5 Å². The highest BCUT2D eigenvalue weighted by Crippen LogP contribution is 2.31. The summed E-state index contributed by atoms with van der Waals surface area (Å²) in [5.41, 5.74) is 4.97. The number of carbonyl (C=O) groups excluding carboxylic acids is 2. The van der Waals surface area contributed by atoms with Gasteiger partial charge in [0.2, 0.25) is 11.8 Å². The zero-order valence-electron chi connectivity index (χ0n) is 20.9. The van der Waals surface area contributed by atoms with Gasteiger partial charge < -0.3 is 20.4 Å². The third kappa shape index (κ3) is 6.79. The monoisotopic (exact) mass is 518 g/mol. The number of nitrogens with one attached hydrogen (secondary N) is 3. The number of hydrogen-bond donors (Lipinski definition) is 3. The summed E-state index contributed by atoms with van der Waals surface area (Å²) < 4.78 is 5.60. The number of unbranched alkanes of at least 4 members (excludes halogenated alkanes) is 2. The summed E-state index contributed by atoms with van der Waals surface area (Å²) in [6.07, 6.45) is 6.94. The predicted molar refractivity (Wildman–Crippen MR) is 143 cm³/mol. The van der Waals surface area contributed by atoms with E-state index in [2.05, 4.69) is 30.6 Å². The van der Waals surface area contributed by atoms with Crippen molar-refractivity contribution in [2.24, 2.45) is 0 Å². The van der Waals surface area contributed by atoms with Crippen molar-refractivity contribution in [3.63, 3.8) is 0 Å². The number of rotatable bonds is 12. The molecule has 192 valence electrons. The Balaban J connectivity index is 1.52. The average molecular weight is 519 g/mol. The molecule has 0 fully saturated rings. The van der Waals surface area contributed by atoms with E-state index in [9.17, 15) is 9.59 Å². The highest BCUT2D eigenvalue weighted by molar-refractivity contribution is 7.11. The third-order valence-electron chi connectivity index (χ3n) is 5.98. The first-order valence-electron chi connectivity index (χ1n) is 12.1. The summed E-state index contributed by atoms with van der Waals surface area (Å²) in [6, 6.07) is 13.5. The summed E-state index contributed by atoms with van der Waals surface area (Å²) in [5.74, 6) is 0.971. The summed E-state index contributed by atoms with van der Waals surface area (Å²) in [4.78, 5) is 41.5. The van der Waals surface area contributed by atoms with Gasteiger partial charge in [-0.25, -0.2) is 9.97 Å². The molecule has 3 aromatic heterocycles. The molecule has 0 saturated heterocycles. The van der Waals surface area contributed by atoms with Gasteiger partial charge in [0.05, 0.1) is 48.0 Å². The van der Waals surface area contributed by atoms with E-state index >= 15 is 0 Å². The van der Waals surface area contributed by atoms with Gasteiger partial charge in [-0.05, 0) is 25.0 Å². The van der Waals surface area contributed by atoms with Crippen LogP contribution in [0, 0.1) is 0 Å². The van der Waals surface area contributed by atoms with Crippen LogP contribution in [-0.2, 0) is 4.79 Å². The van der Waals surface area contributed by atoms with Crippen molar-refractivity contribution in [2.75, 3.05) is 14.2 Å². The second-order valence-electron chi connectivity index (χ2n) is 8.47. The minimum Gasteiger partial charge on any atom is -0.480 e. The first-order valence-corrected chi connectivity index (χ1v) is 13.0. The second-order valence-corrected chi connectivity index (χ2v) is 9.35. The molecule has 0 unspecified atom stereocenters.